The van der Waals surface area contributed by atoms with Crippen molar-refractivity contribution in [1.82, 2.24) is 5.32 Å². The van der Waals surface area contributed by atoms with E-state index in [1.165, 1.54) is 0 Å². The lowest BCUT2D eigenvalue weighted by Gasteiger charge is -2.11. The zero-order valence-corrected chi connectivity index (χ0v) is 12.8. The fourth-order valence-electron chi connectivity index (χ4n) is 1.81. The minimum Gasteiger partial charge on any atom is -0.493 e. The first-order valence-corrected chi connectivity index (χ1v) is 7.30. The first-order valence-electron chi connectivity index (χ1n) is 6.92. The van der Waals surface area contributed by atoms with Crippen molar-refractivity contribution in [2.45, 2.75) is 39.2 Å². The lowest BCUT2D eigenvalue weighted by Crippen LogP contribution is -2.22. The summed E-state index contributed by atoms with van der Waals surface area (Å²) in [7, 11) is 0. The Bertz CT molecular complexity index is 491. The molecule has 21 heavy (non-hydrogen) atoms. The second-order valence-electron chi connectivity index (χ2n) is 4.56. The molecule has 0 bridgehead atoms. The van der Waals surface area contributed by atoms with Crippen molar-refractivity contribution in [1.29, 1.82) is 0 Å². The molecule has 0 aliphatic heterocycles. The number of amides is 1. The minimum atomic E-state index is -0.835. The third-order valence-corrected chi connectivity index (χ3v) is 3.08. The molecule has 1 aromatic rings. The number of carbonyl (C=O) groups is 2. The predicted molar refractivity (Wildman–Crippen MR) is 80.6 cm³/mol. The molecule has 1 rings (SSSR count). The van der Waals surface area contributed by atoms with Gasteiger partial charge in [-0.25, -0.2) is 0 Å². The van der Waals surface area contributed by atoms with Crippen LogP contribution in [0.1, 0.15) is 38.2 Å². The highest BCUT2D eigenvalue weighted by atomic mass is 35.5. The molecule has 1 aromatic carbocycles. The van der Waals surface area contributed by atoms with Crippen molar-refractivity contribution in [2.75, 3.05) is 6.61 Å². The Morgan fingerprint density at radius 2 is 2.00 bits per heavy atom. The third-order valence-electron chi connectivity index (χ3n) is 2.85. The average molecular weight is 314 g/mol. The number of hydrogen-bond donors (Lipinski definition) is 2. The molecule has 0 radical (unpaired) electrons. The van der Waals surface area contributed by atoms with Crippen LogP contribution in [0, 0.1) is 0 Å². The molecule has 2 N–H and O–H groups in total. The van der Waals surface area contributed by atoms with Crippen LogP contribution in [0.3, 0.4) is 0 Å². The molecule has 0 fully saturated rings. The van der Waals surface area contributed by atoms with Crippen LogP contribution in [0.5, 0.6) is 5.75 Å². The van der Waals surface area contributed by atoms with Gasteiger partial charge in [0.05, 0.1) is 6.61 Å². The molecule has 0 aliphatic rings. The lowest BCUT2D eigenvalue weighted by molar-refractivity contribution is -0.137. The summed E-state index contributed by atoms with van der Waals surface area (Å²) in [6, 6.07) is 5.29. The largest absolute Gasteiger partial charge is 0.493 e. The quantitative estimate of drug-likeness (QED) is 0.687. The third kappa shape index (κ3) is 6.99. The van der Waals surface area contributed by atoms with Crippen LogP contribution in [-0.4, -0.2) is 23.6 Å². The van der Waals surface area contributed by atoms with Crippen LogP contribution in [0.15, 0.2) is 18.2 Å². The summed E-state index contributed by atoms with van der Waals surface area (Å²) in [5.74, 6) is -0.271. The second-order valence-corrected chi connectivity index (χ2v) is 5.00. The van der Waals surface area contributed by atoms with Gasteiger partial charge < -0.3 is 15.2 Å². The first kappa shape index (κ1) is 17.3. The number of halogens is 1. The van der Waals surface area contributed by atoms with Crippen molar-refractivity contribution < 1.29 is 19.4 Å². The van der Waals surface area contributed by atoms with Gasteiger partial charge in [-0.15, -0.1) is 0 Å². The molecule has 0 saturated carbocycles. The molecule has 1 amide bonds. The smallest absolute Gasteiger partial charge is 0.303 e. The molecule has 116 valence electrons. The zero-order chi connectivity index (χ0) is 15.7. The van der Waals surface area contributed by atoms with Gasteiger partial charge in [-0.1, -0.05) is 17.7 Å². The molecule has 5 nitrogen and oxygen atoms in total. The maximum Gasteiger partial charge on any atom is 0.303 e. The molecule has 0 aromatic heterocycles. The highest BCUT2D eigenvalue weighted by Gasteiger charge is 2.07. The SMILES string of the molecule is CCOc1cc(Cl)ccc1CNC(=O)CCCCC(=O)O. The monoisotopic (exact) mass is 313 g/mol. The van der Waals surface area contributed by atoms with E-state index in [0.717, 1.165) is 5.56 Å². The van der Waals surface area contributed by atoms with Crippen molar-refractivity contribution in [2.24, 2.45) is 0 Å². The number of aliphatic carboxylic acids is 1. The van der Waals surface area contributed by atoms with E-state index in [-0.39, 0.29) is 12.3 Å². The summed E-state index contributed by atoms with van der Waals surface area (Å²) in [6.45, 7) is 2.77. The number of rotatable bonds is 9. The maximum absolute atomic E-state index is 11.7. The van der Waals surface area contributed by atoms with Crippen LogP contribution in [0.2, 0.25) is 5.02 Å². The fourth-order valence-corrected chi connectivity index (χ4v) is 1.97. The Hall–Kier alpha value is -1.75. The van der Waals surface area contributed by atoms with E-state index in [9.17, 15) is 9.59 Å². The summed E-state index contributed by atoms with van der Waals surface area (Å²) < 4.78 is 5.47. The van der Waals surface area contributed by atoms with Gasteiger partial charge in [0, 0.05) is 30.0 Å². The summed E-state index contributed by atoms with van der Waals surface area (Å²) in [6.07, 6.45) is 1.49. The van der Waals surface area contributed by atoms with Crippen molar-refractivity contribution in [3.05, 3.63) is 28.8 Å². The van der Waals surface area contributed by atoms with Gasteiger partial charge in [-0.05, 0) is 31.9 Å². The van der Waals surface area contributed by atoms with E-state index >= 15 is 0 Å². The number of carboxylic acids is 1. The number of ether oxygens (including phenoxy) is 1. The maximum atomic E-state index is 11.7. The van der Waals surface area contributed by atoms with Gasteiger partial charge in [0.15, 0.2) is 0 Å². The summed E-state index contributed by atoms with van der Waals surface area (Å²) in [5.41, 5.74) is 0.861. The molecule has 0 atom stereocenters. The molecule has 0 unspecified atom stereocenters. The van der Waals surface area contributed by atoms with E-state index in [1.54, 1.807) is 12.1 Å². The molecule has 0 aliphatic carbocycles. The van der Waals surface area contributed by atoms with Crippen LogP contribution in [0.25, 0.3) is 0 Å². The van der Waals surface area contributed by atoms with Gasteiger partial charge >= 0.3 is 5.97 Å². The van der Waals surface area contributed by atoms with Crippen molar-refractivity contribution in [3.63, 3.8) is 0 Å². The second kappa shape index (κ2) is 9.23. The van der Waals surface area contributed by atoms with Crippen LogP contribution < -0.4 is 10.1 Å². The van der Waals surface area contributed by atoms with Crippen molar-refractivity contribution >= 4 is 23.5 Å². The van der Waals surface area contributed by atoms with Gasteiger partial charge in [0.25, 0.3) is 0 Å². The highest BCUT2D eigenvalue weighted by molar-refractivity contribution is 6.30. The van der Waals surface area contributed by atoms with Crippen molar-refractivity contribution in [3.8, 4) is 5.75 Å². The van der Waals surface area contributed by atoms with Gasteiger partial charge in [-0.3, -0.25) is 9.59 Å². The summed E-state index contributed by atoms with van der Waals surface area (Å²) in [5, 5.41) is 11.9. The number of unbranched alkanes of at least 4 members (excludes halogenated alkanes) is 1. The fraction of sp³-hybridized carbons (Fsp3) is 0.467. The number of nitrogens with one attached hydrogen (secondary N) is 1. The van der Waals surface area contributed by atoms with Crippen LogP contribution >= 0.6 is 11.6 Å². The van der Waals surface area contributed by atoms with E-state index in [4.69, 9.17) is 21.4 Å². The predicted octanol–water partition coefficient (Wildman–Crippen LogP) is 3.00. The Labute approximate surface area is 129 Å². The number of benzene rings is 1. The Balaban J connectivity index is 2.40. The van der Waals surface area contributed by atoms with Crippen LogP contribution in [0.4, 0.5) is 0 Å². The van der Waals surface area contributed by atoms with E-state index in [0.29, 0.717) is 43.2 Å². The molecule has 6 heteroatoms. The topological polar surface area (TPSA) is 75.6 Å². The molecule has 0 spiro atoms. The molecular weight excluding hydrogens is 294 g/mol. The van der Waals surface area contributed by atoms with E-state index in [2.05, 4.69) is 5.32 Å². The molecular formula is C15H20ClNO4. The van der Waals surface area contributed by atoms with E-state index < -0.39 is 5.97 Å². The number of carbonyl (C=O) groups excluding carboxylic acids is 1. The Kier molecular flexibility index (Phi) is 7.61. The normalized spacial score (nSPS) is 10.2. The van der Waals surface area contributed by atoms with Crippen LogP contribution in [-0.2, 0) is 16.1 Å². The standard InChI is InChI=1S/C15H20ClNO4/c1-2-21-13-9-12(16)8-7-11(13)10-17-14(18)5-3-4-6-15(19)20/h7-9H,2-6,10H2,1H3,(H,17,18)(H,19,20). The minimum absolute atomic E-state index is 0.0962. The molecule has 0 heterocycles. The number of carboxylic acid groups (broad SMARTS) is 1. The number of hydrogen-bond acceptors (Lipinski definition) is 3. The summed E-state index contributed by atoms with van der Waals surface area (Å²) >= 11 is 5.91. The first-order chi connectivity index (χ1) is 10.0. The van der Waals surface area contributed by atoms with E-state index in [1.807, 2.05) is 13.0 Å². The lowest BCUT2D eigenvalue weighted by atomic mass is 10.1. The van der Waals surface area contributed by atoms with Gasteiger partial charge in [-0.2, -0.15) is 0 Å². The zero-order valence-electron chi connectivity index (χ0n) is 12.0. The Morgan fingerprint density at radius 3 is 2.67 bits per heavy atom. The summed E-state index contributed by atoms with van der Waals surface area (Å²) in [4.78, 5) is 22.0. The average Bonchev–Trinajstić information content (AvgIpc) is 2.43. The Morgan fingerprint density at radius 1 is 1.29 bits per heavy atom. The molecule has 0 saturated heterocycles. The van der Waals surface area contributed by atoms with Gasteiger partial charge in [0.2, 0.25) is 5.91 Å². The highest BCUT2D eigenvalue weighted by Crippen LogP contribution is 2.23. The van der Waals surface area contributed by atoms with Gasteiger partial charge in [0.1, 0.15) is 5.75 Å².